The third-order valence-corrected chi connectivity index (χ3v) is 6.13. The second kappa shape index (κ2) is 8.24. The van der Waals surface area contributed by atoms with Gasteiger partial charge in [0, 0.05) is 5.69 Å². The second-order valence-corrected chi connectivity index (χ2v) is 8.00. The van der Waals surface area contributed by atoms with Crippen LogP contribution < -0.4 is 10.6 Å². The average molecular weight is 401 g/mol. The minimum absolute atomic E-state index is 0.0103. The summed E-state index contributed by atoms with van der Waals surface area (Å²) in [5, 5.41) is 5.68. The Bertz CT molecular complexity index is 1040. The average Bonchev–Trinajstić information content (AvgIpc) is 2.68. The zero-order chi connectivity index (χ0) is 19.3. The van der Waals surface area contributed by atoms with Gasteiger partial charge in [0.05, 0.1) is 27.0 Å². The number of rotatable bonds is 6. The molecule has 0 heterocycles. The molecule has 3 rings (SSSR count). The van der Waals surface area contributed by atoms with E-state index < -0.39 is 9.84 Å². The monoisotopic (exact) mass is 400 g/mol. The number of para-hydroxylation sites is 1. The molecule has 0 aliphatic rings. The lowest BCUT2D eigenvalue weighted by atomic mass is 10.3. The van der Waals surface area contributed by atoms with Crippen LogP contribution in [0.4, 0.5) is 11.4 Å². The SMILES string of the molecule is O=C(CNc1cccc(S(=O)(=O)c2ccccc2)c1Cl)Nc1ccccc1. The van der Waals surface area contributed by atoms with Crippen molar-refractivity contribution < 1.29 is 13.2 Å². The molecule has 138 valence electrons. The quantitative estimate of drug-likeness (QED) is 0.649. The van der Waals surface area contributed by atoms with Gasteiger partial charge >= 0.3 is 0 Å². The van der Waals surface area contributed by atoms with E-state index >= 15 is 0 Å². The standard InChI is InChI=1S/C20H17ClN2O3S/c21-20-17(22-14-19(24)23-15-8-3-1-4-9-15)12-7-13-18(20)27(25,26)16-10-5-2-6-11-16/h1-13,22H,14H2,(H,23,24). The van der Waals surface area contributed by atoms with Gasteiger partial charge in [-0.05, 0) is 36.4 Å². The molecule has 0 unspecified atom stereocenters. The molecule has 0 aliphatic carbocycles. The number of carbonyl (C=O) groups excluding carboxylic acids is 1. The molecule has 0 saturated heterocycles. The molecule has 3 aromatic rings. The van der Waals surface area contributed by atoms with Crippen LogP contribution in [0.2, 0.25) is 5.02 Å². The van der Waals surface area contributed by atoms with Crippen molar-refractivity contribution in [2.45, 2.75) is 9.79 Å². The highest BCUT2D eigenvalue weighted by atomic mass is 35.5. The predicted octanol–water partition coefficient (Wildman–Crippen LogP) is 4.22. The molecule has 0 radical (unpaired) electrons. The molecular formula is C20H17ClN2O3S. The van der Waals surface area contributed by atoms with Gasteiger partial charge in [0.2, 0.25) is 15.7 Å². The number of amides is 1. The number of carbonyl (C=O) groups is 1. The Labute approximate surface area is 162 Å². The van der Waals surface area contributed by atoms with Crippen molar-refractivity contribution in [3.05, 3.63) is 83.9 Å². The first-order chi connectivity index (χ1) is 13.0. The molecule has 0 fully saturated rings. The van der Waals surface area contributed by atoms with E-state index in [4.69, 9.17) is 11.6 Å². The molecule has 0 saturated carbocycles. The summed E-state index contributed by atoms with van der Waals surface area (Å²) in [5.41, 5.74) is 1.05. The molecule has 0 atom stereocenters. The Morgan fingerprint density at radius 2 is 1.48 bits per heavy atom. The van der Waals surface area contributed by atoms with E-state index in [0.717, 1.165) is 0 Å². The van der Waals surface area contributed by atoms with Gasteiger partial charge in [-0.1, -0.05) is 54.1 Å². The number of hydrogen-bond donors (Lipinski definition) is 2. The van der Waals surface area contributed by atoms with Crippen molar-refractivity contribution in [2.75, 3.05) is 17.2 Å². The summed E-state index contributed by atoms with van der Waals surface area (Å²) in [5.74, 6) is -0.270. The molecule has 2 N–H and O–H groups in total. The molecule has 7 heteroatoms. The fourth-order valence-corrected chi connectivity index (χ4v) is 4.35. The summed E-state index contributed by atoms with van der Waals surface area (Å²) in [6.45, 7) is -0.0521. The van der Waals surface area contributed by atoms with Crippen molar-refractivity contribution in [3.8, 4) is 0 Å². The fourth-order valence-electron chi connectivity index (χ4n) is 2.48. The van der Waals surface area contributed by atoms with Crippen LogP contribution >= 0.6 is 11.6 Å². The van der Waals surface area contributed by atoms with Crippen molar-refractivity contribution >= 4 is 38.7 Å². The van der Waals surface area contributed by atoms with E-state index in [1.54, 1.807) is 42.5 Å². The largest absolute Gasteiger partial charge is 0.375 e. The number of hydrogen-bond acceptors (Lipinski definition) is 4. The summed E-state index contributed by atoms with van der Waals surface area (Å²) in [6.07, 6.45) is 0. The first-order valence-corrected chi connectivity index (χ1v) is 10.0. The van der Waals surface area contributed by atoms with Gasteiger partial charge in [-0.15, -0.1) is 0 Å². The Morgan fingerprint density at radius 1 is 0.852 bits per heavy atom. The third kappa shape index (κ3) is 4.48. The zero-order valence-corrected chi connectivity index (χ0v) is 15.8. The normalized spacial score (nSPS) is 11.0. The Kier molecular flexibility index (Phi) is 5.78. The zero-order valence-electron chi connectivity index (χ0n) is 14.2. The highest BCUT2D eigenvalue weighted by Crippen LogP contribution is 2.32. The van der Waals surface area contributed by atoms with Crippen LogP contribution in [0, 0.1) is 0 Å². The lowest BCUT2D eigenvalue weighted by Crippen LogP contribution is -2.22. The minimum atomic E-state index is -3.75. The predicted molar refractivity (Wildman–Crippen MR) is 107 cm³/mol. The molecule has 27 heavy (non-hydrogen) atoms. The first-order valence-electron chi connectivity index (χ1n) is 8.16. The second-order valence-electron chi connectivity index (χ2n) is 5.70. The highest BCUT2D eigenvalue weighted by molar-refractivity contribution is 7.91. The van der Waals surface area contributed by atoms with Crippen molar-refractivity contribution in [1.29, 1.82) is 0 Å². The summed E-state index contributed by atoms with van der Waals surface area (Å²) < 4.78 is 25.6. The lowest BCUT2D eigenvalue weighted by molar-refractivity contribution is -0.114. The van der Waals surface area contributed by atoms with E-state index in [-0.39, 0.29) is 27.3 Å². The van der Waals surface area contributed by atoms with Gasteiger partial charge in [0.1, 0.15) is 0 Å². The van der Waals surface area contributed by atoms with E-state index in [1.165, 1.54) is 18.2 Å². The molecular weight excluding hydrogens is 384 g/mol. The lowest BCUT2D eigenvalue weighted by Gasteiger charge is -2.12. The van der Waals surface area contributed by atoms with Crippen LogP contribution in [0.15, 0.2) is 88.7 Å². The van der Waals surface area contributed by atoms with Crippen LogP contribution in [0.3, 0.4) is 0 Å². The van der Waals surface area contributed by atoms with E-state index in [2.05, 4.69) is 10.6 Å². The number of anilines is 2. The summed E-state index contributed by atoms with van der Waals surface area (Å²) in [4.78, 5) is 12.2. The molecule has 5 nitrogen and oxygen atoms in total. The summed E-state index contributed by atoms with van der Waals surface area (Å²) >= 11 is 6.31. The maximum Gasteiger partial charge on any atom is 0.243 e. The number of benzene rings is 3. The van der Waals surface area contributed by atoms with Gasteiger partial charge in [-0.25, -0.2) is 8.42 Å². The summed E-state index contributed by atoms with van der Waals surface area (Å²) in [6, 6.07) is 21.8. The van der Waals surface area contributed by atoms with Crippen LogP contribution in [-0.4, -0.2) is 20.9 Å². The van der Waals surface area contributed by atoms with Crippen LogP contribution in [0.1, 0.15) is 0 Å². The number of sulfone groups is 1. The molecule has 0 spiro atoms. The highest BCUT2D eigenvalue weighted by Gasteiger charge is 2.22. The molecule has 1 amide bonds. The Morgan fingerprint density at radius 3 is 2.15 bits per heavy atom. The molecule has 0 bridgehead atoms. The number of halogens is 1. The summed E-state index contributed by atoms with van der Waals surface area (Å²) in [7, 11) is -3.75. The van der Waals surface area contributed by atoms with E-state index in [0.29, 0.717) is 11.4 Å². The minimum Gasteiger partial charge on any atom is -0.375 e. The van der Waals surface area contributed by atoms with Crippen molar-refractivity contribution in [1.82, 2.24) is 0 Å². The fraction of sp³-hybridized carbons (Fsp3) is 0.0500. The molecule has 0 aliphatic heterocycles. The third-order valence-electron chi connectivity index (χ3n) is 3.80. The maximum atomic E-state index is 12.8. The maximum absolute atomic E-state index is 12.8. The van der Waals surface area contributed by atoms with Crippen LogP contribution in [0.25, 0.3) is 0 Å². The van der Waals surface area contributed by atoms with Gasteiger partial charge in [0.25, 0.3) is 0 Å². The van der Waals surface area contributed by atoms with E-state index in [9.17, 15) is 13.2 Å². The number of nitrogens with one attached hydrogen (secondary N) is 2. The van der Waals surface area contributed by atoms with Crippen LogP contribution in [-0.2, 0) is 14.6 Å². The molecule has 0 aromatic heterocycles. The smallest absolute Gasteiger partial charge is 0.243 e. The first kappa shape index (κ1) is 18.9. The van der Waals surface area contributed by atoms with Crippen molar-refractivity contribution in [3.63, 3.8) is 0 Å². The van der Waals surface area contributed by atoms with E-state index in [1.807, 2.05) is 18.2 Å². The Balaban J connectivity index is 1.76. The van der Waals surface area contributed by atoms with Gasteiger partial charge in [-0.3, -0.25) is 4.79 Å². The van der Waals surface area contributed by atoms with Crippen molar-refractivity contribution in [2.24, 2.45) is 0 Å². The molecule has 3 aromatic carbocycles. The topological polar surface area (TPSA) is 75.3 Å². The van der Waals surface area contributed by atoms with Gasteiger partial charge < -0.3 is 10.6 Å². The Hall–Kier alpha value is -2.83. The van der Waals surface area contributed by atoms with Crippen LogP contribution in [0.5, 0.6) is 0 Å². The van der Waals surface area contributed by atoms with Gasteiger partial charge in [0.15, 0.2) is 0 Å². The van der Waals surface area contributed by atoms with Gasteiger partial charge in [-0.2, -0.15) is 0 Å².